The maximum absolute atomic E-state index is 12.7. The van der Waals surface area contributed by atoms with E-state index < -0.39 is 0 Å². The van der Waals surface area contributed by atoms with Crippen LogP contribution in [0.25, 0.3) is 33.3 Å². The minimum Gasteiger partial charge on any atom is -0.352 e. The third-order valence-corrected chi connectivity index (χ3v) is 5.37. The van der Waals surface area contributed by atoms with E-state index in [9.17, 15) is 4.79 Å². The summed E-state index contributed by atoms with van der Waals surface area (Å²) in [6.07, 6.45) is 1.16. The molecule has 3 aromatic heterocycles. The number of carbonyl (C=O) groups excluding carboxylic acids is 1. The number of aromatic nitrogens is 4. The molecular formula is C24H21N5O. The van der Waals surface area contributed by atoms with Crippen LogP contribution in [0, 0.1) is 0 Å². The van der Waals surface area contributed by atoms with Crippen molar-refractivity contribution in [1.29, 1.82) is 0 Å². The summed E-state index contributed by atoms with van der Waals surface area (Å²) in [5.74, 6) is 0.678. The van der Waals surface area contributed by atoms with Crippen molar-refractivity contribution in [3.8, 4) is 11.4 Å². The second-order valence-corrected chi connectivity index (χ2v) is 7.34. The van der Waals surface area contributed by atoms with Crippen molar-refractivity contribution >= 4 is 33.7 Å². The van der Waals surface area contributed by atoms with Gasteiger partial charge in [-0.15, -0.1) is 0 Å². The monoisotopic (exact) mass is 395 g/mol. The van der Waals surface area contributed by atoms with E-state index >= 15 is 0 Å². The molecule has 2 aromatic carbocycles. The zero-order valence-corrected chi connectivity index (χ0v) is 16.6. The number of hydrogen-bond acceptors (Lipinski definition) is 3. The Morgan fingerprint density at radius 1 is 0.967 bits per heavy atom. The number of H-pyrrole nitrogens is 2. The third kappa shape index (κ3) is 3.33. The van der Waals surface area contributed by atoms with Gasteiger partial charge in [0.05, 0.1) is 22.2 Å². The Morgan fingerprint density at radius 2 is 1.77 bits per heavy atom. The smallest absolute Gasteiger partial charge is 0.228 e. The fourth-order valence-corrected chi connectivity index (χ4v) is 3.67. The number of carbonyl (C=O) groups is 1. The molecule has 0 saturated carbocycles. The summed E-state index contributed by atoms with van der Waals surface area (Å²) in [4.78, 5) is 22.4. The molecule has 0 unspecified atom stereocenters. The van der Waals surface area contributed by atoms with Gasteiger partial charge in [0.25, 0.3) is 0 Å². The normalized spacial score (nSPS) is 11.2. The molecule has 0 saturated heterocycles. The van der Waals surface area contributed by atoms with Gasteiger partial charge in [-0.05, 0) is 36.2 Å². The van der Waals surface area contributed by atoms with Gasteiger partial charge in [0.2, 0.25) is 5.91 Å². The Labute approximate surface area is 173 Å². The van der Waals surface area contributed by atoms with E-state index in [1.165, 1.54) is 0 Å². The van der Waals surface area contributed by atoms with E-state index in [1.54, 1.807) is 11.9 Å². The van der Waals surface area contributed by atoms with Gasteiger partial charge in [0, 0.05) is 18.9 Å². The molecule has 0 radical (unpaired) electrons. The highest BCUT2D eigenvalue weighted by atomic mass is 16.2. The number of nitrogens with one attached hydrogen (secondary N) is 2. The minimum absolute atomic E-state index is 0.0414. The lowest BCUT2D eigenvalue weighted by Gasteiger charge is -2.16. The molecule has 6 nitrogen and oxygen atoms in total. The molecular weight excluding hydrogens is 374 g/mol. The number of fused-ring (bicyclic) bond motifs is 2. The number of pyridine rings is 1. The lowest BCUT2D eigenvalue weighted by molar-refractivity contribution is -0.118. The first-order valence-electron chi connectivity index (χ1n) is 9.93. The van der Waals surface area contributed by atoms with E-state index in [0.717, 1.165) is 38.9 Å². The van der Waals surface area contributed by atoms with Crippen LogP contribution < -0.4 is 4.90 Å². The van der Waals surface area contributed by atoms with Crippen LogP contribution in [0.4, 0.5) is 5.82 Å². The average Bonchev–Trinajstić information content (AvgIpc) is 3.41. The topological polar surface area (TPSA) is 77.7 Å². The van der Waals surface area contributed by atoms with Crippen molar-refractivity contribution in [2.75, 3.05) is 11.9 Å². The number of aromatic amines is 2. The molecule has 5 rings (SSSR count). The van der Waals surface area contributed by atoms with E-state index in [0.29, 0.717) is 18.7 Å². The fourth-order valence-electron chi connectivity index (χ4n) is 3.67. The van der Waals surface area contributed by atoms with E-state index in [2.05, 4.69) is 15.2 Å². The standard InChI is InChI=1S/C24H21N5O/c1-29(23(30)14-11-16-7-3-2-4-8-16)22-13-12-19-20(26-22)15-21(25-19)24-17-9-5-6-10-18(17)27-28-24/h2-10,12-13,15,25H,11,14H2,1H3,(H,27,28). The summed E-state index contributed by atoms with van der Waals surface area (Å²) in [5.41, 5.74) is 5.61. The number of para-hydroxylation sites is 1. The lowest BCUT2D eigenvalue weighted by atomic mass is 10.1. The van der Waals surface area contributed by atoms with E-state index in [-0.39, 0.29) is 5.91 Å². The van der Waals surface area contributed by atoms with Gasteiger partial charge in [-0.25, -0.2) is 4.98 Å². The Morgan fingerprint density at radius 3 is 2.63 bits per heavy atom. The second-order valence-electron chi connectivity index (χ2n) is 7.34. The summed E-state index contributed by atoms with van der Waals surface area (Å²) >= 11 is 0. The SMILES string of the molecule is CN(C(=O)CCc1ccccc1)c1ccc2[nH]c(-c3n[nH]c4ccccc34)cc2n1. The highest BCUT2D eigenvalue weighted by molar-refractivity contribution is 5.96. The van der Waals surface area contributed by atoms with Crippen LogP contribution in [-0.2, 0) is 11.2 Å². The Balaban J connectivity index is 1.39. The van der Waals surface area contributed by atoms with Gasteiger partial charge in [-0.2, -0.15) is 5.10 Å². The van der Waals surface area contributed by atoms with Crippen molar-refractivity contribution < 1.29 is 4.79 Å². The largest absolute Gasteiger partial charge is 0.352 e. The quantitative estimate of drug-likeness (QED) is 0.453. The van der Waals surface area contributed by atoms with Gasteiger partial charge in [-0.3, -0.25) is 14.8 Å². The molecule has 30 heavy (non-hydrogen) atoms. The molecule has 3 heterocycles. The van der Waals surface area contributed by atoms with Gasteiger partial charge >= 0.3 is 0 Å². The zero-order valence-electron chi connectivity index (χ0n) is 16.6. The van der Waals surface area contributed by atoms with E-state index in [4.69, 9.17) is 4.98 Å². The van der Waals surface area contributed by atoms with Crippen LogP contribution in [0.3, 0.4) is 0 Å². The van der Waals surface area contributed by atoms with Gasteiger partial charge in [-0.1, -0.05) is 48.5 Å². The minimum atomic E-state index is 0.0414. The third-order valence-electron chi connectivity index (χ3n) is 5.37. The Kier molecular flexibility index (Phi) is 4.52. The number of amides is 1. The maximum atomic E-state index is 12.7. The first-order chi connectivity index (χ1) is 14.7. The van der Waals surface area contributed by atoms with Crippen LogP contribution in [0.1, 0.15) is 12.0 Å². The van der Waals surface area contributed by atoms with E-state index in [1.807, 2.05) is 72.8 Å². The van der Waals surface area contributed by atoms with Crippen LogP contribution in [0.15, 0.2) is 72.8 Å². The predicted octanol–water partition coefficient (Wildman–Crippen LogP) is 4.70. The molecule has 1 amide bonds. The summed E-state index contributed by atoms with van der Waals surface area (Å²) in [6.45, 7) is 0. The Hall–Kier alpha value is -3.93. The zero-order chi connectivity index (χ0) is 20.5. The lowest BCUT2D eigenvalue weighted by Crippen LogP contribution is -2.27. The number of hydrogen-bond donors (Lipinski definition) is 2. The van der Waals surface area contributed by atoms with Crippen LogP contribution in [0.5, 0.6) is 0 Å². The highest BCUT2D eigenvalue weighted by Crippen LogP contribution is 2.28. The van der Waals surface area contributed by atoms with Gasteiger partial charge < -0.3 is 4.98 Å². The number of benzene rings is 2. The van der Waals surface area contributed by atoms with Crippen molar-refractivity contribution in [2.24, 2.45) is 0 Å². The Bertz CT molecular complexity index is 1340. The van der Waals surface area contributed by atoms with Crippen LogP contribution in [0.2, 0.25) is 0 Å². The summed E-state index contributed by atoms with van der Waals surface area (Å²) in [7, 11) is 1.77. The number of aryl methyl sites for hydroxylation is 1. The first kappa shape index (κ1) is 18.1. The van der Waals surface area contributed by atoms with Crippen molar-refractivity contribution in [3.05, 3.63) is 78.4 Å². The predicted molar refractivity (Wildman–Crippen MR) is 119 cm³/mol. The molecule has 2 N–H and O–H groups in total. The molecule has 5 aromatic rings. The molecule has 0 spiro atoms. The number of anilines is 1. The summed E-state index contributed by atoms with van der Waals surface area (Å²) in [5, 5.41) is 8.56. The van der Waals surface area contributed by atoms with Crippen molar-refractivity contribution in [3.63, 3.8) is 0 Å². The van der Waals surface area contributed by atoms with Crippen molar-refractivity contribution in [1.82, 2.24) is 20.2 Å². The molecule has 0 atom stereocenters. The second kappa shape index (κ2) is 7.48. The van der Waals surface area contributed by atoms with Crippen LogP contribution in [-0.4, -0.2) is 33.1 Å². The summed E-state index contributed by atoms with van der Waals surface area (Å²) < 4.78 is 0. The first-order valence-corrected chi connectivity index (χ1v) is 9.93. The highest BCUT2D eigenvalue weighted by Gasteiger charge is 2.15. The molecule has 0 aliphatic heterocycles. The van der Waals surface area contributed by atoms with Crippen molar-refractivity contribution in [2.45, 2.75) is 12.8 Å². The van der Waals surface area contributed by atoms with Gasteiger partial charge in [0.1, 0.15) is 11.5 Å². The number of nitrogens with zero attached hydrogens (tertiary/aromatic N) is 3. The molecule has 0 aliphatic carbocycles. The summed E-state index contributed by atoms with van der Waals surface area (Å²) in [6, 6.07) is 23.9. The molecule has 0 bridgehead atoms. The molecule has 0 fully saturated rings. The number of rotatable bonds is 5. The molecule has 6 heteroatoms. The molecule has 148 valence electrons. The van der Waals surface area contributed by atoms with Gasteiger partial charge in [0.15, 0.2) is 0 Å². The molecule has 0 aliphatic rings. The van der Waals surface area contributed by atoms with Crippen LogP contribution >= 0.6 is 0 Å². The fraction of sp³-hybridized carbons (Fsp3) is 0.125. The maximum Gasteiger partial charge on any atom is 0.228 e. The average molecular weight is 395 g/mol.